The number of amides is 1. The van der Waals surface area contributed by atoms with Crippen molar-refractivity contribution in [1.29, 1.82) is 0 Å². The van der Waals surface area contributed by atoms with Crippen molar-refractivity contribution in [3.05, 3.63) is 33.8 Å². The minimum Gasteiger partial charge on any atom is -0.346 e. The Labute approximate surface area is 119 Å². The smallest absolute Gasteiger partial charge is 0.252 e. The summed E-state index contributed by atoms with van der Waals surface area (Å²) < 4.78 is 0.818. The Hall–Kier alpha value is -0.350. The molecule has 0 fully saturated rings. The van der Waals surface area contributed by atoms with Gasteiger partial charge >= 0.3 is 0 Å². The molecule has 1 rings (SSSR count). The molecule has 0 radical (unpaired) electrons. The number of hydrogen-bond acceptors (Lipinski definition) is 1. The molecule has 2 nitrogen and oxygen atoms in total. The summed E-state index contributed by atoms with van der Waals surface area (Å²) >= 11 is 6.91. The Kier molecular flexibility index (Phi) is 4.78. The maximum Gasteiger partial charge on any atom is 0.252 e. The fourth-order valence-corrected chi connectivity index (χ4v) is 1.81. The molecule has 17 heavy (non-hydrogen) atoms. The summed E-state index contributed by atoms with van der Waals surface area (Å²) in [6.45, 7) is 7.98. The van der Waals surface area contributed by atoms with Crippen molar-refractivity contribution in [2.45, 2.75) is 38.1 Å². The predicted molar refractivity (Wildman–Crippen MR) is 78.8 cm³/mol. The van der Waals surface area contributed by atoms with Gasteiger partial charge in [-0.3, -0.25) is 4.79 Å². The van der Waals surface area contributed by atoms with Crippen molar-refractivity contribution in [3.8, 4) is 0 Å². The zero-order valence-electron chi connectivity index (χ0n) is 10.5. The van der Waals surface area contributed by atoms with Gasteiger partial charge in [-0.1, -0.05) is 34.5 Å². The van der Waals surface area contributed by atoms with E-state index in [4.69, 9.17) is 0 Å². The Morgan fingerprint density at radius 1 is 1.41 bits per heavy atom. The second-order valence-corrected chi connectivity index (χ2v) is 7.00. The molecule has 0 aliphatic rings. The highest BCUT2D eigenvalue weighted by Gasteiger charge is 2.26. The van der Waals surface area contributed by atoms with Gasteiger partial charge in [0.2, 0.25) is 0 Å². The van der Waals surface area contributed by atoms with Crippen molar-refractivity contribution in [2.24, 2.45) is 0 Å². The predicted octanol–water partition coefficient (Wildman–Crippen LogP) is 4.05. The Balaban J connectivity index is 2.94. The van der Waals surface area contributed by atoms with Crippen molar-refractivity contribution in [1.82, 2.24) is 5.32 Å². The number of hydrogen-bond donors (Lipinski definition) is 1. The molecule has 0 saturated heterocycles. The lowest BCUT2D eigenvalue weighted by Gasteiger charge is -2.29. The highest BCUT2D eigenvalue weighted by Crippen LogP contribution is 2.21. The van der Waals surface area contributed by atoms with E-state index in [2.05, 4.69) is 37.2 Å². The summed E-state index contributed by atoms with van der Waals surface area (Å²) in [5, 5.41) is 3.02. The van der Waals surface area contributed by atoms with E-state index in [1.54, 1.807) is 0 Å². The first-order valence-corrected chi connectivity index (χ1v) is 7.17. The first-order chi connectivity index (χ1) is 7.74. The summed E-state index contributed by atoms with van der Waals surface area (Å²) in [6.07, 6.45) is 0. The number of benzene rings is 1. The molecular weight excluding hydrogens is 346 g/mol. The lowest BCUT2D eigenvalue weighted by atomic mass is 10.0. The molecule has 0 aliphatic carbocycles. The van der Waals surface area contributed by atoms with Gasteiger partial charge in [0.15, 0.2) is 0 Å². The van der Waals surface area contributed by atoms with Gasteiger partial charge in [0.1, 0.15) is 0 Å². The number of carbonyl (C=O) groups is 1. The molecule has 0 spiro atoms. The molecule has 1 unspecified atom stereocenters. The summed E-state index contributed by atoms with van der Waals surface area (Å²) in [6, 6.07) is 5.75. The third kappa shape index (κ3) is 3.81. The van der Waals surface area contributed by atoms with Crippen LogP contribution in [0.15, 0.2) is 22.7 Å². The van der Waals surface area contributed by atoms with Crippen molar-refractivity contribution in [3.63, 3.8) is 0 Å². The van der Waals surface area contributed by atoms with Gasteiger partial charge in [0, 0.05) is 14.8 Å². The number of alkyl halides is 1. The Bertz CT molecular complexity index is 427. The average molecular weight is 363 g/mol. The van der Waals surface area contributed by atoms with Gasteiger partial charge in [-0.25, -0.2) is 0 Å². The van der Waals surface area contributed by atoms with Crippen molar-refractivity contribution >= 4 is 37.8 Å². The Morgan fingerprint density at radius 3 is 2.53 bits per heavy atom. The van der Waals surface area contributed by atoms with E-state index >= 15 is 0 Å². The maximum atomic E-state index is 12.2. The molecule has 1 aromatic rings. The van der Waals surface area contributed by atoms with Crippen LogP contribution < -0.4 is 5.32 Å². The second-order valence-electron chi connectivity index (χ2n) is 4.78. The van der Waals surface area contributed by atoms with Crippen LogP contribution in [0.5, 0.6) is 0 Å². The molecule has 0 aliphatic heterocycles. The number of halogens is 2. The largest absolute Gasteiger partial charge is 0.346 e. The SMILES string of the molecule is Cc1ccc(Br)c(C(=O)NC(C)(C)C(C)Br)c1. The van der Waals surface area contributed by atoms with Gasteiger partial charge in [-0.05, 0) is 48.8 Å². The average Bonchev–Trinajstić information content (AvgIpc) is 2.20. The monoisotopic (exact) mass is 361 g/mol. The van der Waals surface area contributed by atoms with Gasteiger partial charge < -0.3 is 5.32 Å². The fraction of sp³-hybridized carbons (Fsp3) is 0.462. The van der Waals surface area contributed by atoms with Gasteiger partial charge in [0.25, 0.3) is 5.91 Å². The van der Waals surface area contributed by atoms with E-state index in [0.717, 1.165) is 10.0 Å². The molecule has 1 amide bonds. The van der Waals surface area contributed by atoms with Crippen molar-refractivity contribution < 1.29 is 4.79 Å². The van der Waals surface area contributed by atoms with Crippen LogP contribution >= 0.6 is 31.9 Å². The molecule has 0 aromatic heterocycles. The molecule has 1 aromatic carbocycles. The highest BCUT2D eigenvalue weighted by atomic mass is 79.9. The molecule has 0 heterocycles. The minimum atomic E-state index is -0.291. The molecule has 94 valence electrons. The van der Waals surface area contributed by atoms with E-state index in [0.29, 0.717) is 5.56 Å². The minimum absolute atomic E-state index is 0.0584. The lowest BCUT2D eigenvalue weighted by Crippen LogP contribution is -2.48. The highest BCUT2D eigenvalue weighted by molar-refractivity contribution is 9.10. The molecule has 1 N–H and O–H groups in total. The normalized spacial score (nSPS) is 13.3. The van der Waals surface area contributed by atoms with E-state index in [-0.39, 0.29) is 16.3 Å². The van der Waals surface area contributed by atoms with E-state index in [9.17, 15) is 4.79 Å². The van der Waals surface area contributed by atoms with E-state index < -0.39 is 0 Å². The molecule has 4 heteroatoms. The summed E-state index contributed by atoms with van der Waals surface area (Å²) in [4.78, 5) is 12.4. The lowest BCUT2D eigenvalue weighted by molar-refractivity contribution is 0.0913. The van der Waals surface area contributed by atoms with Crippen LogP contribution in [-0.4, -0.2) is 16.3 Å². The topological polar surface area (TPSA) is 29.1 Å². The number of nitrogens with one attached hydrogen (secondary N) is 1. The quantitative estimate of drug-likeness (QED) is 0.807. The van der Waals surface area contributed by atoms with Crippen LogP contribution in [0.2, 0.25) is 0 Å². The second kappa shape index (κ2) is 5.53. The van der Waals surface area contributed by atoms with Crippen LogP contribution in [-0.2, 0) is 0 Å². The van der Waals surface area contributed by atoms with Crippen LogP contribution in [0.25, 0.3) is 0 Å². The van der Waals surface area contributed by atoms with Crippen molar-refractivity contribution in [2.75, 3.05) is 0 Å². The number of rotatable bonds is 3. The van der Waals surface area contributed by atoms with Gasteiger partial charge in [0.05, 0.1) is 5.56 Å². The molecule has 1 atom stereocenters. The first kappa shape index (κ1) is 14.7. The summed E-state index contributed by atoms with van der Waals surface area (Å²) in [5.41, 5.74) is 1.45. The fourth-order valence-electron chi connectivity index (χ4n) is 1.27. The number of carbonyl (C=O) groups excluding carboxylic acids is 1. The molecular formula is C13H17Br2NO. The Morgan fingerprint density at radius 2 is 2.00 bits per heavy atom. The van der Waals surface area contributed by atoms with Crippen LogP contribution in [0, 0.1) is 6.92 Å². The first-order valence-electron chi connectivity index (χ1n) is 5.47. The van der Waals surface area contributed by atoms with Crippen LogP contribution in [0.1, 0.15) is 36.7 Å². The van der Waals surface area contributed by atoms with Gasteiger partial charge in [-0.15, -0.1) is 0 Å². The van der Waals surface area contributed by atoms with Crippen LogP contribution in [0.4, 0.5) is 0 Å². The molecule has 0 bridgehead atoms. The van der Waals surface area contributed by atoms with Crippen LogP contribution in [0.3, 0.4) is 0 Å². The third-order valence-electron chi connectivity index (χ3n) is 2.80. The van der Waals surface area contributed by atoms with E-state index in [1.165, 1.54) is 0 Å². The molecule has 0 saturated carbocycles. The third-order valence-corrected chi connectivity index (χ3v) is 4.63. The summed E-state index contributed by atoms with van der Waals surface area (Å²) in [7, 11) is 0. The number of aryl methyl sites for hydroxylation is 1. The van der Waals surface area contributed by atoms with Gasteiger partial charge in [-0.2, -0.15) is 0 Å². The van der Waals surface area contributed by atoms with E-state index in [1.807, 2.05) is 45.9 Å². The summed E-state index contributed by atoms with van der Waals surface area (Å²) in [5.74, 6) is -0.0584. The standard InChI is InChI=1S/C13H17Br2NO/c1-8-5-6-11(15)10(7-8)12(17)16-13(3,4)9(2)14/h5-7,9H,1-4H3,(H,16,17). The maximum absolute atomic E-state index is 12.2. The zero-order valence-corrected chi connectivity index (χ0v) is 13.6. The zero-order chi connectivity index (χ0) is 13.2.